The van der Waals surface area contributed by atoms with Gasteiger partial charge < -0.3 is 9.47 Å². The second-order valence-corrected chi connectivity index (χ2v) is 3.05. The Morgan fingerprint density at radius 1 is 1.56 bits per heavy atom. The van der Waals surface area contributed by atoms with Gasteiger partial charge in [-0.15, -0.1) is 0 Å². The van der Waals surface area contributed by atoms with E-state index in [1.807, 2.05) is 6.92 Å². The molecule has 0 radical (unpaired) electrons. The van der Waals surface area contributed by atoms with Crippen molar-refractivity contribution in [1.82, 2.24) is 0 Å². The molecule has 0 spiro atoms. The van der Waals surface area contributed by atoms with Crippen molar-refractivity contribution in [2.45, 2.75) is 12.5 Å². The van der Waals surface area contributed by atoms with Gasteiger partial charge in [-0.25, -0.2) is 0 Å². The quantitative estimate of drug-likeness (QED) is 0.585. The number of ether oxygens (including phenoxy) is 2. The normalized spacial score (nSPS) is 36.7. The van der Waals surface area contributed by atoms with Crippen molar-refractivity contribution in [3.05, 3.63) is 0 Å². The molecule has 9 heavy (non-hydrogen) atoms. The molecule has 2 nitrogen and oxygen atoms in total. The lowest BCUT2D eigenvalue weighted by molar-refractivity contribution is -0.134. The predicted octanol–water partition coefficient (Wildman–Crippen LogP) is 1.19. The molecule has 1 fully saturated rings. The van der Waals surface area contributed by atoms with E-state index in [4.69, 9.17) is 9.47 Å². The Hall–Kier alpha value is 0.400. The summed E-state index contributed by atoms with van der Waals surface area (Å²) in [5, 5.41) is 0.847. The number of alkyl halides is 1. The molecule has 0 aromatic heterocycles. The number of hydrogen-bond donors (Lipinski definition) is 0. The molecule has 54 valence electrons. The molecule has 1 rings (SSSR count). The molecule has 1 saturated heterocycles. The van der Waals surface area contributed by atoms with E-state index < -0.39 is 0 Å². The standard InChI is InChI=1S/C6H11BrO2/c1-6(4-7)5-8-2-3-9-6/h2-5H2,1H3. The van der Waals surface area contributed by atoms with Crippen LogP contribution in [0.2, 0.25) is 0 Å². The molecular formula is C6H11BrO2. The van der Waals surface area contributed by atoms with Crippen LogP contribution in [-0.4, -0.2) is 30.8 Å². The lowest BCUT2D eigenvalue weighted by atomic mass is 10.1. The molecule has 0 amide bonds. The maximum atomic E-state index is 5.44. The van der Waals surface area contributed by atoms with Crippen LogP contribution >= 0.6 is 15.9 Å². The van der Waals surface area contributed by atoms with Crippen molar-refractivity contribution in [2.75, 3.05) is 25.2 Å². The highest BCUT2D eigenvalue weighted by Crippen LogP contribution is 2.17. The third kappa shape index (κ3) is 1.92. The first-order valence-corrected chi connectivity index (χ1v) is 4.17. The van der Waals surface area contributed by atoms with Crippen molar-refractivity contribution in [1.29, 1.82) is 0 Å². The lowest BCUT2D eigenvalue weighted by Gasteiger charge is -2.31. The van der Waals surface area contributed by atoms with Crippen LogP contribution in [0.25, 0.3) is 0 Å². The van der Waals surface area contributed by atoms with Crippen LogP contribution in [0.3, 0.4) is 0 Å². The molecular weight excluding hydrogens is 184 g/mol. The van der Waals surface area contributed by atoms with E-state index in [1.54, 1.807) is 0 Å². The van der Waals surface area contributed by atoms with Crippen LogP contribution < -0.4 is 0 Å². The summed E-state index contributed by atoms with van der Waals surface area (Å²) in [4.78, 5) is 0. The molecule has 1 aliphatic rings. The zero-order valence-electron chi connectivity index (χ0n) is 5.52. The zero-order valence-corrected chi connectivity index (χ0v) is 7.11. The maximum absolute atomic E-state index is 5.44. The van der Waals surface area contributed by atoms with Crippen LogP contribution in [0.1, 0.15) is 6.92 Å². The van der Waals surface area contributed by atoms with Gasteiger partial charge in [0.25, 0.3) is 0 Å². The van der Waals surface area contributed by atoms with E-state index in [0.29, 0.717) is 6.61 Å². The van der Waals surface area contributed by atoms with Gasteiger partial charge in [0.1, 0.15) is 0 Å². The summed E-state index contributed by atoms with van der Waals surface area (Å²) in [5.74, 6) is 0. The minimum atomic E-state index is -0.0851. The molecule has 1 atom stereocenters. The van der Waals surface area contributed by atoms with Crippen molar-refractivity contribution in [3.8, 4) is 0 Å². The van der Waals surface area contributed by atoms with Crippen LogP contribution in [0, 0.1) is 0 Å². The highest BCUT2D eigenvalue weighted by Gasteiger charge is 2.26. The van der Waals surface area contributed by atoms with E-state index in [1.165, 1.54) is 0 Å². The zero-order chi connectivity index (χ0) is 6.74. The summed E-state index contributed by atoms with van der Waals surface area (Å²) in [5.41, 5.74) is -0.0851. The van der Waals surface area contributed by atoms with Gasteiger partial charge in [0, 0.05) is 5.33 Å². The van der Waals surface area contributed by atoms with Gasteiger partial charge in [-0.3, -0.25) is 0 Å². The monoisotopic (exact) mass is 194 g/mol. The van der Waals surface area contributed by atoms with E-state index in [0.717, 1.165) is 18.5 Å². The minimum absolute atomic E-state index is 0.0851. The SMILES string of the molecule is CC1(CBr)COCCO1. The summed E-state index contributed by atoms with van der Waals surface area (Å²) in [6.45, 7) is 4.21. The summed E-state index contributed by atoms with van der Waals surface area (Å²) < 4.78 is 10.7. The van der Waals surface area contributed by atoms with Crippen molar-refractivity contribution >= 4 is 15.9 Å². The summed E-state index contributed by atoms with van der Waals surface area (Å²) >= 11 is 3.36. The molecule has 0 N–H and O–H groups in total. The molecule has 0 saturated carbocycles. The average Bonchev–Trinajstić information content (AvgIpc) is 1.90. The highest BCUT2D eigenvalue weighted by atomic mass is 79.9. The lowest BCUT2D eigenvalue weighted by Crippen LogP contribution is -2.41. The smallest absolute Gasteiger partial charge is 0.0984 e. The highest BCUT2D eigenvalue weighted by molar-refractivity contribution is 9.09. The molecule has 1 heterocycles. The minimum Gasteiger partial charge on any atom is -0.376 e. The van der Waals surface area contributed by atoms with Gasteiger partial charge in [0.15, 0.2) is 0 Å². The van der Waals surface area contributed by atoms with Gasteiger partial charge in [-0.2, -0.15) is 0 Å². The third-order valence-electron chi connectivity index (χ3n) is 1.37. The van der Waals surface area contributed by atoms with Crippen molar-refractivity contribution in [3.63, 3.8) is 0 Å². The number of rotatable bonds is 1. The summed E-state index contributed by atoms with van der Waals surface area (Å²) in [6, 6.07) is 0. The van der Waals surface area contributed by atoms with Gasteiger partial charge >= 0.3 is 0 Å². The van der Waals surface area contributed by atoms with E-state index in [2.05, 4.69) is 15.9 Å². The van der Waals surface area contributed by atoms with Crippen LogP contribution in [0.4, 0.5) is 0 Å². The van der Waals surface area contributed by atoms with Crippen molar-refractivity contribution < 1.29 is 9.47 Å². The average molecular weight is 195 g/mol. The first-order valence-electron chi connectivity index (χ1n) is 3.04. The van der Waals surface area contributed by atoms with Crippen LogP contribution in [-0.2, 0) is 9.47 Å². The van der Waals surface area contributed by atoms with Gasteiger partial charge in [-0.05, 0) is 6.92 Å². The summed E-state index contributed by atoms with van der Waals surface area (Å²) in [7, 11) is 0. The Morgan fingerprint density at radius 3 is 2.67 bits per heavy atom. The Bertz CT molecular complexity index is 89.1. The fourth-order valence-electron chi connectivity index (χ4n) is 0.754. The van der Waals surface area contributed by atoms with Gasteiger partial charge in [0.2, 0.25) is 0 Å². The van der Waals surface area contributed by atoms with Crippen LogP contribution in [0.5, 0.6) is 0 Å². The van der Waals surface area contributed by atoms with Gasteiger partial charge in [-0.1, -0.05) is 15.9 Å². The second kappa shape index (κ2) is 2.99. The molecule has 1 aliphatic heterocycles. The Labute approximate surface area is 63.7 Å². The molecule has 0 bridgehead atoms. The van der Waals surface area contributed by atoms with Crippen molar-refractivity contribution in [2.24, 2.45) is 0 Å². The molecule has 0 aromatic carbocycles. The molecule has 1 unspecified atom stereocenters. The van der Waals surface area contributed by atoms with Crippen LogP contribution in [0.15, 0.2) is 0 Å². The largest absolute Gasteiger partial charge is 0.376 e. The van der Waals surface area contributed by atoms with Gasteiger partial charge in [0.05, 0.1) is 25.4 Å². The topological polar surface area (TPSA) is 18.5 Å². The molecule has 3 heteroatoms. The fraction of sp³-hybridized carbons (Fsp3) is 1.00. The number of halogens is 1. The Kier molecular flexibility index (Phi) is 2.50. The van der Waals surface area contributed by atoms with E-state index in [-0.39, 0.29) is 5.60 Å². The number of hydrogen-bond acceptors (Lipinski definition) is 2. The third-order valence-corrected chi connectivity index (χ3v) is 2.55. The Morgan fingerprint density at radius 2 is 2.33 bits per heavy atom. The van der Waals surface area contributed by atoms with E-state index in [9.17, 15) is 0 Å². The first kappa shape index (κ1) is 7.51. The van der Waals surface area contributed by atoms with E-state index >= 15 is 0 Å². The molecule has 0 aromatic rings. The fourth-order valence-corrected chi connectivity index (χ4v) is 1.08. The summed E-state index contributed by atoms with van der Waals surface area (Å²) in [6.07, 6.45) is 0. The first-order chi connectivity index (χ1) is 4.27. The maximum Gasteiger partial charge on any atom is 0.0984 e. The molecule has 0 aliphatic carbocycles. The Balaban J connectivity index is 2.37. The second-order valence-electron chi connectivity index (χ2n) is 2.48. The predicted molar refractivity (Wildman–Crippen MR) is 39.0 cm³/mol.